The van der Waals surface area contributed by atoms with Crippen molar-refractivity contribution in [3.8, 4) is 11.5 Å². The lowest BCUT2D eigenvalue weighted by molar-refractivity contribution is 0.409. The van der Waals surface area contributed by atoms with Crippen LogP contribution < -0.4 is 10.5 Å². The van der Waals surface area contributed by atoms with Gasteiger partial charge in [-0.3, -0.25) is 3.97 Å². The lowest BCUT2D eigenvalue weighted by Gasteiger charge is -2.14. The first-order chi connectivity index (χ1) is 14.4. The van der Waals surface area contributed by atoms with Gasteiger partial charge in [-0.1, -0.05) is 17.7 Å². The predicted octanol–water partition coefficient (Wildman–Crippen LogP) is 7.02. The monoisotopic (exact) mass is 446 g/mol. The van der Waals surface area contributed by atoms with Gasteiger partial charge >= 0.3 is 0 Å². The number of rotatable bonds is 5. The summed E-state index contributed by atoms with van der Waals surface area (Å²) in [4.78, 5) is 1.33. The largest absolute Gasteiger partial charge is 0.453 e. The zero-order valence-corrected chi connectivity index (χ0v) is 17.7. The number of aryl methyl sites for hydroxylation is 1. The van der Waals surface area contributed by atoms with Crippen LogP contribution in [-0.4, -0.2) is 10.2 Å². The molecule has 0 saturated heterocycles. The van der Waals surface area contributed by atoms with Gasteiger partial charge in [-0.25, -0.2) is 8.78 Å². The number of thioether (sulfide) groups is 1. The summed E-state index contributed by atoms with van der Waals surface area (Å²) in [6.07, 6.45) is 3.44. The summed E-state index contributed by atoms with van der Waals surface area (Å²) < 4.78 is 50.8. The maximum Gasteiger partial charge on any atom is 0.204 e. The average molecular weight is 447 g/mol. The summed E-state index contributed by atoms with van der Waals surface area (Å²) in [6, 6.07) is 13.1. The van der Waals surface area contributed by atoms with Crippen LogP contribution in [0.4, 0.5) is 18.9 Å². The minimum atomic E-state index is -1.11. The standard InChI is InChI=1S/C22H17F3N2OS2/c1-12-3-6-14(7-4-12)30-27-10-9-15-20(27)18(24)19(25)21(22(15)29-2)28-13-5-8-16(23)17(26)11-13/h3-11H,26H2,1-2H3. The molecule has 0 amide bonds. The number of benzene rings is 3. The highest BCUT2D eigenvalue weighted by atomic mass is 32.2. The van der Waals surface area contributed by atoms with Gasteiger partial charge in [-0.05, 0) is 55.5 Å². The number of hydrogen-bond donors (Lipinski definition) is 1. The fourth-order valence-electron chi connectivity index (χ4n) is 3.02. The molecule has 0 saturated carbocycles. The quantitative estimate of drug-likeness (QED) is 0.264. The predicted molar refractivity (Wildman–Crippen MR) is 117 cm³/mol. The molecule has 4 rings (SSSR count). The van der Waals surface area contributed by atoms with Crippen LogP contribution in [0.2, 0.25) is 0 Å². The highest BCUT2D eigenvalue weighted by molar-refractivity contribution is 7.99. The Balaban J connectivity index is 1.80. The summed E-state index contributed by atoms with van der Waals surface area (Å²) >= 11 is 2.53. The molecule has 0 aliphatic heterocycles. The maximum absolute atomic E-state index is 15.1. The Morgan fingerprint density at radius 1 is 0.967 bits per heavy atom. The van der Waals surface area contributed by atoms with Gasteiger partial charge < -0.3 is 10.5 Å². The molecule has 0 aliphatic rings. The number of aromatic nitrogens is 1. The number of ether oxygens (including phenoxy) is 1. The number of anilines is 1. The second-order valence-electron chi connectivity index (χ2n) is 6.58. The Labute approximate surface area is 180 Å². The smallest absolute Gasteiger partial charge is 0.204 e. The molecule has 30 heavy (non-hydrogen) atoms. The van der Waals surface area contributed by atoms with Gasteiger partial charge in [0, 0.05) is 22.5 Å². The average Bonchev–Trinajstić information content (AvgIpc) is 3.14. The molecule has 1 heterocycles. The Kier molecular flexibility index (Phi) is 5.62. The van der Waals surface area contributed by atoms with Crippen LogP contribution in [0.3, 0.4) is 0 Å². The van der Waals surface area contributed by atoms with Gasteiger partial charge in [-0.2, -0.15) is 4.39 Å². The molecule has 3 aromatic carbocycles. The minimum Gasteiger partial charge on any atom is -0.453 e. The van der Waals surface area contributed by atoms with Crippen molar-refractivity contribution in [2.75, 3.05) is 12.0 Å². The van der Waals surface area contributed by atoms with E-state index in [1.165, 1.54) is 35.8 Å². The second kappa shape index (κ2) is 8.20. The van der Waals surface area contributed by atoms with Crippen molar-refractivity contribution in [1.82, 2.24) is 3.97 Å². The topological polar surface area (TPSA) is 40.2 Å². The Morgan fingerprint density at radius 3 is 2.37 bits per heavy atom. The van der Waals surface area contributed by atoms with E-state index in [1.54, 1.807) is 22.5 Å². The number of halogens is 3. The lowest BCUT2D eigenvalue weighted by Crippen LogP contribution is -1.99. The Bertz CT molecular complexity index is 1240. The van der Waals surface area contributed by atoms with Crippen LogP contribution in [-0.2, 0) is 0 Å². The molecule has 0 radical (unpaired) electrons. The normalized spacial score (nSPS) is 11.2. The van der Waals surface area contributed by atoms with Crippen LogP contribution >= 0.6 is 23.7 Å². The molecule has 0 spiro atoms. The first-order valence-corrected chi connectivity index (χ1v) is 10.9. The van der Waals surface area contributed by atoms with Gasteiger partial charge in [-0.15, -0.1) is 11.8 Å². The zero-order chi connectivity index (χ0) is 21.4. The van der Waals surface area contributed by atoms with E-state index in [0.29, 0.717) is 10.3 Å². The third kappa shape index (κ3) is 3.73. The molecule has 0 atom stereocenters. The summed E-state index contributed by atoms with van der Waals surface area (Å²) in [5.74, 6) is -2.87. The number of fused-ring (bicyclic) bond motifs is 1. The molecule has 0 bridgehead atoms. The SMILES string of the molecule is CSc1c(Oc2ccc(F)c(N)c2)c(F)c(F)c2c1ccn2Sc1ccc(C)cc1. The van der Waals surface area contributed by atoms with Crippen molar-refractivity contribution in [3.63, 3.8) is 0 Å². The van der Waals surface area contributed by atoms with E-state index in [1.807, 2.05) is 31.2 Å². The van der Waals surface area contributed by atoms with Gasteiger partial charge in [0.05, 0.1) is 16.1 Å². The van der Waals surface area contributed by atoms with E-state index in [0.717, 1.165) is 16.5 Å². The van der Waals surface area contributed by atoms with Crippen LogP contribution in [0, 0.1) is 24.4 Å². The third-order valence-electron chi connectivity index (χ3n) is 4.52. The first-order valence-electron chi connectivity index (χ1n) is 8.93. The van der Waals surface area contributed by atoms with Crippen molar-refractivity contribution in [2.45, 2.75) is 16.7 Å². The van der Waals surface area contributed by atoms with Gasteiger partial charge in [0.2, 0.25) is 5.82 Å². The van der Waals surface area contributed by atoms with Crippen molar-refractivity contribution < 1.29 is 17.9 Å². The molecular formula is C22H17F3N2OS2. The molecule has 8 heteroatoms. The maximum atomic E-state index is 15.1. The molecule has 0 aliphatic carbocycles. The molecule has 0 fully saturated rings. The number of nitrogen functional groups attached to an aromatic ring is 1. The van der Waals surface area contributed by atoms with Crippen LogP contribution in [0.5, 0.6) is 11.5 Å². The summed E-state index contributed by atoms with van der Waals surface area (Å²) in [5, 5.41) is 0.520. The summed E-state index contributed by atoms with van der Waals surface area (Å²) in [5.41, 5.74) is 6.66. The molecule has 0 unspecified atom stereocenters. The first kappa shape index (κ1) is 20.6. The second-order valence-corrected chi connectivity index (χ2v) is 8.45. The fourth-order valence-corrected chi connectivity index (χ4v) is 4.60. The van der Waals surface area contributed by atoms with Crippen molar-refractivity contribution in [2.24, 2.45) is 0 Å². The third-order valence-corrected chi connectivity index (χ3v) is 6.32. The van der Waals surface area contributed by atoms with Crippen LogP contribution in [0.15, 0.2) is 64.5 Å². The molecular weight excluding hydrogens is 429 g/mol. The Hall–Kier alpha value is -2.71. The molecule has 4 aromatic rings. The van der Waals surface area contributed by atoms with E-state index >= 15 is 8.78 Å². The van der Waals surface area contributed by atoms with E-state index < -0.39 is 17.5 Å². The number of nitrogens with two attached hydrogens (primary N) is 1. The lowest BCUT2D eigenvalue weighted by atomic mass is 10.2. The molecule has 154 valence electrons. The Morgan fingerprint density at radius 2 is 1.70 bits per heavy atom. The van der Waals surface area contributed by atoms with Crippen molar-refractivity contribution in [1.29, 1.82) is 0 Å². The van der Waals surface area contributed by atoms with E-state index in [2.05, 4.69) is 0 Å². The fraction of sp³-hybridized carbons (Fsp3) is 0.0909. The van der Waals surface area contributed by atoms with E-state index in [4.69, 9.17) is 10.5 Å². The minimum absolute atomic E-state index is 0.121. The highest BCUT2D eigenvalue weighted by Crippen LogP contribution is 2.43. The highest BCUT2D eigenvalue weighted by Gasteiger charge is 2.24. The van der Waals surface area contributed by atoms with Crippen LogP contribution in [0.25, 0.3) is 10.9 Å². The van der Waals surface area contributed by atoms with E-state index in [-0.39, 0.29) is 22.7 Å². The van der Waals surface area contributed by atoms with Crippen LogP contribution in [0.1, 0.15) is 5.56 Å². The summed E-state index contributed by atoms with van der Waals surface area (Å²) in [7, 11) is 0. The van der Waals surface area contributed by atoms with Gasteiger partial charge in [0.25, 0.3) is 0 Å². The van der Waals surface area contributed by atoms with Crippen molar-refractivity contribution >= 4 is 40.3 Å². The number of nitrogens with zero attached hydrogens (tertiary/aromatic N) is 1. The number of hydrogen-bond acceptors (Lipinski definition) is 4. The molecule has 2 N–H and O–H groups in total. The van der Waals surface area contributed by atoms with E-state index in [9.17, 15) is 4.39 Å². The zero-order valence-electron chi connectivity index (χ0n) is 16.1. The van der Waals surface area contributed by atoms with Gasteiger partial charge in [0.1, 0.15) is 11.6 Å². The van der Waals surface area contributed by atoms with Gasteiger partial charge in [0.15, 0.2) is 11.6 Å². The molecule has 3 nitrogen and oxygen atoms in total. The molecule has 1 aromatic heterocycles. The summed E-state index contributed by atoms with van der Waals surface area (Å²) in [6.45, 7) is 1.98. The van der Waals surface area contributed by atoms with Crippen molar-refractivity contribution in [3.05, 3.63) is 77.7 Å².